The van der Waals surface area contributed by atoms with Gasteiger partial charge in [-0.3, -0.25) is 4.79 Å². The Morgan fingerprint density at radius 1 is 1.59 bits per heavy atom. The third-order valence-electron chi connectivity index (χ3n) is 2.45. The lowest BCUT2D eigenvalue weighted by Gasteiger charge is -2.07. The maximum absolute atomic E-state index is 10.6. The lowest BCUT2D eigenvalue weighted by atomic mass is 10.3. The summed E-state index contributed by atoms with van der Waals surface area (Å²) in [6.07, 6.45) is 0.0438. The molecule has 0 fully saturated rings. The third-order valence-corrected chi connectivity index (χ3v) is 3.06. The molecule has 0 unspecified atom stereocenters. The lowest BCUT2D eigenvalue weighted by Crippen LogP contribution is -2.05. The molecule has 1 aromatic heterocycles. The maximum Gasteiger partial charge on any atom is 0.305 e. The molecule has 0 aliphatic heterocycles. The predicted molar refractivity (Wildman–Crippen MR) is 66.2 cm³/mol. The SMILES string of the molecule is COc1cccc2nc(Br)n(CCC(=O)O)c12. The van der Waals surface area contributed by atoms with E-state index in [9.17, 15) is 4.79 Å². The Labute approximate surface area is 106 Å². The summed E-state index contributed by atoms with van der Waals surface area (Å²) in [5.74, 6) is -0.153. The Bertz CT molecular complexity index is 565. The summed E-state index contributed by atoms with van der Waals surface area (Å²) in [7, 11) is 1.58. The summed E-state index contributed by atoms with van der Waals surface area (Å²) in [6, 6.07) is 5.54. The van der Waals surface area contributed by atoms with Gasteiger partial charge in [-0.05, 0) is 28.1 Å². The highest BCUT2D eigenvalue weighted by atomic mass is 79.9. The Kier molecular flexibility index (Phi) is 3.33. The molecule has 0 saturated heterocycles. The first-order valence-electron chi connectivity index (χ1n) is 5.04. The number of hydrogen-bond acceptors (Lipinski definition) is 3. The molecule has 0 saturated carbocycles. The van der Waals surface area contributed by atoms with Crippen molar-refractivity contribution >= 4 is 32.9 Å². The summed E-state index contributed by atoms with van der Waals surface area (Å²) >= 11 is 3.33. The minimum Gasteiger partial charge on any atom is -0.494 e. The topological polar surface area (TPSA) is 64.4 Å². The predicted octanol–water partition coefficient (Wildman–Crippen LogP) is 2.28. The van der Waals surface area contributed by atoms with E-state index in [1.165, 1.54) is 0 Å². The van der Waals surface area contributed by atoms with Crippen LogP contribution in [0, 0.1) is 0 Å². The van der Waals surface area contributed by atoms with Gasteiger partial charge in [0.25, 0.3) is 0 Å². The summed E-state index contributed by atoms with van der Waals surface area (Å²) in [5.41, 5.74) is 1.59. The quantitative estimate of drug-likeness (QED) is 0.940. The fourth-order valence-electron chi connectivity index (χ4n) is 1.70. The van der Waals surface area contributed by atoms with Gasteiger partial charge >= 0.3 is 5.97 Å². The van der Waals surface area contributed by atoms with Crippen molar-refractivity contribution in [1.29, 1.82) is 0 Å². The van der Waals surface area contributed by atoms with Crippen LogP contribution in [0.15, 0.2) is 22.9 Å². The fraction of sp³-hybridized carbons (Fsp3) is 0.273. The third kappa shape index (κ3) is 2.26. The Morgan fingerprint density at radius 3 is 3.00 bits per heavy atom. The van der Waals surface area contributed by atoms with Gasteiger partial charge in [-0.2, -0.15) is 0 Å². The molecule has 0 bridgehead atoms. The number of aryl methyl sites for hydroxylation is 1. The largest absolute Gasteiger partial charge is 0.494 e. The second kappa shape index (κ2) is 4.75. The van der Waals surface area contributed by atoms with Crippen molar-refractivity contribution in [3.05, 3.63) is 22.9 Å². The van der Waals surface area contributed by atoms with E-state index < -0.39 is 5.97 Å². The zero-order valence-corrected chi connectivity index (χ0v) is 10.8. The molecular formula is C11H11BrN2O3. The molecule has 6 heteroatoms. The van der Waals surface area contributed by atoms with E-state index in [-0.39, 0.29) is 6.42 Å². The average Bonchev–Trinajstić information content (AvgIpc) is 2.61. The number of para-hydroxylation sites is 1. The molecule has 0 atom stereocenters. The van der Waals surface area contributed by atoms with Crippen LogP contribution in [0.25, 0.3) is 11.0 Å². The van der Waals surface area contributed by atoms with Crippen molar-refractivity contribution < 1.29 is 14.6 Å². The first-order chi connectivity index (χ1) is 8.13. The Balaban J connectivity index is 2.52. The molecule has 1 heterocycles. The number of carboxylic acids is 1. The summed E-state index contributed by atoms with van der Waals surface area (Å²) in [4.78, 5) is 14.9. The molecule has 5 nitrogen and oxygen atoms in total. The number of halogens is 1. The van der Waals surface area contributed by atoms with Crippen LogP contribution in [0.5, 0.6) is 5.75 Å². The number of methoxy groups -OCH3 is 1. The second-order valence-corrected chi connectivity index (χ2v) is 4.21. The molecule has 1 aromatic carbocycles. The van der Waals surface area contributed by atoms with Crippen molar-refractivity contribution in [2.45, 2.75) is 13.0 Å². The smallest absolute Gasteiger partial charge is 0.305 e. The Morgan fingerprint density at radius 2 is 2.35 bits per heavy atom. The molecule has 2 rings (SSSR count). The van der Waals surface area contributed by atoms with E-state index >= 15 is 0 Å². The molecule has 90 valence electrons. The minimum absolute atomic E-state index is 0.0438. The average molecular weight is 299 g/mol. The number of benzene rings is 1. The van der Waals surface area contributed by atoms with Gasteiger partial charge in [0.05, 0.1) is 19.0 Å². The molecule has 1 N–H and O–H groups in total. The number of nitrogens with zero attached hydrogens (tertiary/aromatic N) is 2. The number of hydrogen-bond donors (Lipinski definition) is 1. The summed E-state index contributed by atoms with van der Waals surface area (Å²) < 4.78 is 7.66. The van der Waals surface area contributed by atoms with E-state index in [4.69, 9.17) is 9.84 Å². The monoisotopic (exact) mass is 298 g/mol. The Hall–Kier alpha value is -1.56. The summed E-state index contributed by atoms with van der Waals surface area (Å²) in [6.45, 7) is 0.354. The number of imidazole rings is 1. The van der Waals surface area contributed by atoms with E-state index in [1.54, 1.807) is 11.7 Å². The van der Waals surface area contributed by atoms with Crippen LogP contribution < -0.4 is 4.74 Å². The van der Waals surface area contributed by atoms with Crippen LogP contribution in [0.3, 0.4) is 0 Å². The van der Waals surface area contributed by atoms with Crippen LogP contribution in [0.4, 0.5) is 0 Å². The van der Waals surface area contributed by atoms with Gasteiger partial charge in [0.1, 0.15) is 11.3 Å². The van der Waals surface area contributed by atoms with Crippen molar-refractivity contribution in [2.75, 3.05) is 7.11 Å². The van der Waals surface area contributed by atoms with Crippen molar-refractivity contribution in [1.82, 2.24) is 9.55 Å². The van der Waals surface area contributed by atoms with Gasteiger partial charge in [0.15, 0.2) is 4.73 Å². The standard InChI is InChI=1S/C11H11BrN2O3/c1-17-8-4-2-3-7-10(8)14(11(12)13-7)6-5-9(15)16/h2-4H,5-6H2,1H3,(H,15,16). The van der Waals surface area contributed by atoms with Gasteiger partial charge in [-0.25, -0.2) is 4.98 Å². The first-order valence-corrected chi connectivity index (χ1v) is 5.83. The molecule has 17 heavy (non-hydrogen) atoms. The van der Waals surface area contributed by atoms with Crippen LogP contribution in [-0.4, -0.2) is 27.7 Å². The van der Waals surface area contributed by atoms with Gasteiger partial charge in [0.2, 0.25) is 0 Å². The van der Waals surface area contributed by atoms with E-state index in [0.717, 1.165) is 11.0 Å². The maximum atomic E-state index is 10.6. The number of rotatable bonds is 4. The molecule has 0 spiro atoms. The van der Waals surface area contributed by atoms with Crippen LogP contribution in [0.1, 0.15) is 6.42 Å². The minimum atomic E-state index is -0.839. The van der Waals surface area contributed by atoms with Crippen molar-refractivity contribution in [3.8, 4) is 5.75 Å². The molecule has 2 aromatic rings. The highest BCUT2D eigenvalue weighted by Gasteiger charge is 2.13. The number of carbonyl (C=O) groups is 1. The summed E-state index contributed by atoms with van der Waals surface area (Å²) in [5, 5.41) is 8.72. The van der Waals surface area contributed by atoms with E-state index in [1.807, 2.05) is 18.2 Å². The van der Waals surface area contributed by atoms with E-state index in [0.29, 0.717) is 17.0 Å². The second-order valence-electron chi connectivity index (χ2n) is 3.50. The molecule has 0 amide bonds. The number of ether oxygens (including phenoxy) is 1. The zero-order chi connectivity index (χ0) is 12.4. The first kappa shape index (κ1) is 11.9. The van der Waals surface area contributed by atoms with Crippen LogP contribution >= 0.6 is 15.9 Å². The van der Waals surface area contributed by atoms with Crippen LogP contribution in [0.2, 0.25) is 0 Å². The number of aliphatic carboxylic acids is 1. The highest BCUT2D eigenvalue weighted by Crippen LogP contribution is 2.28. The van der Waals surface area contributed by atoms with Gasteiger partial charge in [0, 0.05) is 6.54 Å². The van der Waals surface area contributed by atoms with Gasteiger partial charge in [-0.15, -0.1) is 0 Å². The molecule has 0 radical (unpaired) electrons. The highest BCUT2D eigenvalue weighted by molar-refractivity contribution is 9.10. The van der Waals surface area contributed by atoms with Gasteiger partial charge < -0.3 is 14.4 Å². The molecule has 0 aliphatic rings. The van der Waals surface area contributed by atoms with Crippen molar-refractivity contribution in [2.24, 2.45) is 0 Å². The number of fused-ring (bicyclic) bond motifs is 1. The van der Waals surface area contributed by atoms with E-state index in [2.05, 4.69) is 20.9 Å². The molecular weight excluding hydrogens is 288 g/mol. The van der Waals surface area contributed by atoms with Crippen LogP contribution in [-0.2, 0) is 11.3 Å². The van der Waals surface area contributed by atoms with Crippen molar-refractivity contribution in [3.63, 3.8) is 0 Å². The fourth-order valence-corrected chi connectivity index (χ4v) is 2.25. The number of carboxylic acid groups (broad SMARTS) is 1. The lowest BCUT2D eigenvalue weighted by molar-refractivity contribution is -0.137. The normalized spacial score (nSPS) is 10.7. The number of aromatic nitrogens is 2. The van der Waals surface area contributed by atoms with Gasteiger partial charge in [-0.1, -0.05) is 6.07 Å². The zero-order valence-electron chi connectivity index (χ0n) is 9.18. The molecule has 0 aliphatic carbocycles.